The molecule has 0 bridgehead atoms. The van der Waals surface area contributed by atoms with Crippen LogP contribution in [0.4, 0.5) is 0 Å². The van der Waals surface area contributed by atoms with Crippen molar-refractivity contribution in [2.75, 3.05) is 7.05 Å². The third-order valence-corrected chi connectivity index (χ3v) is 3.25. The highest BCUT2D eigenvalue weighted by Gasteiger charge is 2.17. The molecule has 0 saturated heterocycles. The summed E-state index contributed by atoms with van der Waals surface area (Å²) in [6.45, 7) is 4.65. The number of carbonyl (C=O) groups excluding carboxylic acids is 1. The van der Waals surface area contributed by atoms with E-state index < -0.39 is 0 Å². The monoisotopic (exact) mass is 253 g/mol. The fourth-order valence-electron chi connectivity index (χ4n) is 1.89. The van der Waals surface area contributed by atoms with Crippen molar-refractivity contribution in [1.82, 2.24) is 4.90 Å². The van der Waals surface area contributed by atoms with Crippen LogP contribution in [0.1, 0.15) is 32.3 Å². The van der Waals surface area contributed by atoms with Gasteiger partial charge in [-0.3, -0.25) is 4.79 Å². The molecule has 0 aliphatic rings. The average molecular weight is 254 g/mol. The van der Waals surface area contributed by atoms with Gasteiger partial charge in [-0.1, -0.05) is 50.1 Å². The minimum atomic E-state index is 0.0903. The first-order valence-corrected chi connectivity index (χ1v) is 6.42. The lowest BCUT2D eigenvalue weighted by atomic mass is 10.0. The third kappa shape index (κ3) is 4.04. The Hall–Kier alpha value is -1.02. The van der Waals surface area contributed by atoms with Gasteiger partial charge in [0.1, 0.15) is 0 Å². The molecule has 1 unspecified atom stereocenters. The summed E-state index contributed by atoms with van der Waals surface area (Å²) in [4.78, 5) is 13.8. The number of nitrogens with zero attached hydrogens (tertiary/aromatic N) is 1. The van der Waals surface area contributed by atoms with Gasteiger partial charge in [0.05, 0.1) is 0 Å². The van der Waals surface area contributed by atoms with Gasteiger partial charge in [-0.2, -0.15) is 0 Å². The molecular formula is C14H20ClNO. The van der Waals surface area contributed by atoms with Gasteiger partial charge in [0.2, 0.25) is 5.91 Å². The van der Waals surface area contributed by atoms with E-state index in [9.17, 15) is 4.79 Å². The summed E-state index contributed by atoms with van der Waals surface area (Å²) < 4.78 is 0. The first-order valence-electron chi connectivity index (χ1n) is 6.04. The molecule has 2 nitrogen and oxygen atoms in total. The fraction of sp³-hybridized carbons (Fsp3) is 0.500. The van der Waals surface area contributed by atoms with Crippen LogP contribution < -0.4 is 0 Å². The number of amides is 1. The molecule has 0 heterocycles. The molecule has 0 saturated carbocycles. The van der Waals surface area contributed by atoms with E-state index >= 15 is 0 Å². The fourth-order valence-corrected chi connectivity index (χ4v) is 2.09. The molecule has 1 rings (SSSR count). The van der Waals surface area contributed by atoms with Crippen molar-refractivity contribution in [1.29, 1.82) is 0 Å². The Bertz CT molecular complexity index is 378. The molecule has 0 spiro atoms. The normalized spacial score (nSPS) is 12.2. The maximum atomic E-state index is 12.0. The van der Waals surface area contributed by atoms with Crippen LogP contribution in [0.3, 0.4) is 0 Å². The maximum absolute atomic E-state index is 12.0. The Morgan fingerprint density at radius 3 is 2.65 bits per heavy atom. The van der Waals surface area contributed by atoms with Crippen molar-refractivity contribution < 1.29 is 4.79 Å². The largest absolute Gasteiger partial charge is 0.341 e. The number of benzene rings is 1. The molecule has 1 aromatic carbocycles. The minimum Gasteiger partial charge on any atom is -0.341 e. The molecule has 1 aromatic rings. The first-order chi connectivity index (χ1) is 8.06. The van der Waals surface area contributed by atoms with Gasteiger partial charge >= 0.3 is 0 Å². The van der Waals surface area contributed by atoms with Gasteiger partial charge in [0.15, 0.2) is 0 Å². The highest BCUT2D eigenvalue weighted by molar-refractivity contribution is 6.31. The van der Waals surface area contributed by atoms with Gasteiger partial charge in [-0.25, -0.2) is 0 Å². The number of hydrogen-bond acceptors (Lipinski definition) is 1. The third-order valence-electron chi connectivity index (χ3n) is 2.88. The minimum absolute atomic E-state index is 0.0903. The Kier molecular flexibility index (Phi) is 5.49. The van der Waals surface area contributed by atoms with Crippen molar-refractivity contribution >= 4 is 17.5 Å². The van der Waals surface area contributed by atoms with Crippen molar-refractivity contribution in [3.63, 3.8) is 0 Å². The van der Waals surface area contributed by atoms with Crippen LogP contribution in [0.5, 0.6) is 0 Å². The number of carbonyl (C=O) groups is 1. The number of halogens is 1. The molecular weight excluding hydrogens is 234 g/mol. The van der Waals surface area contributed by atoms with E-state index in [-0.39, 0.29) is 11.8 Å². The molecule has 0 N–H and O–H groups in total. The lowest BCUT2D eigenvalue weighted by Crippen LogP contribution is -2.31. The summed E-state index contributed by atoms with van der Waals surface area (Å²) in [6, 6.07) is 7.64. The predicted molar refractivity (Wildman–Crippen MR) is 72.0 cm³/mol. The van der Waals surface area contributed by atoms with Crippen molar-refractivity contribution in [3.8, 4) is 0 Å². The van der Waals surface area contributed by atoms with E-state index in [4.69, 9.17) is 11.6 Å². The van der Waals surface area contributed by atoms with E-state index in [2.05, 4.69) is 6.92 Å². The molecule has 0 fully saturated rings. The number of hydrogen-bond donors (Lipinski definition) is 0. The summed E-state index contributed by atoms with van der Waals surface area (Å²) in [5.41, 5.74) is 0.994. The summed E-state index contributed by atoms with van der Waals surface area (Å²) in [7, 11) is 1.83. The van der Waals surface area contributed by atoms with Crippen LogP contribution in [0.25, 0.3) is 0 Å². The van der Waals surface area contributed by atoms with Crippen LogP contribution in [-0.4, -0.2) is 17.9 Å². The lowest BCUT2D eigenvalue weighted by Gasteiger charge is -2.21. The van der Waals surface area contributed by atoms with E-state index in [1.54, 1.807) is 4.90 Å². The molecule has 0 aromatic heterocycles. The van der Waals surface area contributed by atoms with E-state index in [1.807, 2.05) is 38.2 Å². The van der Waals surface area contributed by atoms with E-state index in [0.717, 1.165) is 23.4 Å². The second-order valence-electron chi connectivity index (χ2n) is 4.48. The van der Waals surface area contributed by atoms with E-state index in [1.165, 1.54) is 0 Å². The van der Waals surface area contributed by atoms with Crippen LogP contribution in [-0.2, 0) is 11.3 Å². The van der Waals surface area contributed by atoms with Gasteiger partial charge in [0, 0.05) is 24.5 Å². The van der Waals surface area contributed by atoms with Crippen molar-refractivity contribution in [2.45, 2.75) is 33.2 Å². The zero-order valence-corrected chi connectivity index (χ0v) is 11.5. The summed E-state index contributed by atoms with van der Waals surface area (Å²) in [5.74, 6) is 0.277. The van der Waals surface area contributed by atoms with Crippen LogP contribution in [0.15, 0.2) is 24.3 Å². The summed E-state index contributed by atoms with van der Waals surface area (Å²) >= 11 is 6.08. The van der Waals surface area contributed by atoms with Crippen molar-refractivity contribution in [2.24, 2.45) is 5.92 Å². The molecule has 94 valence electrons. The Labute approximate surface area is 109 Å². The van der Waals surface area contributed by atoms with Gasteiger partial charge < -0.3 is 4.90 Å². The highest BCUT2D eigenvalue weighted by atomic mass is 35.5. The second-order valence-corrected chi connectivity index (χ2v) is 4.88. The second kappa shape index (κ2) is 6.65. The van der Waals surface area contributed by atoms with Crippen LogP contribution >= 0.6 is 11.6 Å². The molecule has 0 aliphatic carbocycles. The van der Waals surface area contributed by atoms with Crippen molar-refractivity contribution in [3.05, 3.63) is 34.9 Å². The zero-order valence-electron chi connectivity index (χ0n) is 10.7. The summed E-state index contributed by atoms with van der Waals surface area (Å²) in [5, 5.41) is 0.718. The standard InChI is InChI=1S/C14H20ClNO/c1-4-7-11(2)14(17)16(3)10-12-8-5-6-9-13(12)15/h5-6,8-9,11H,4,7,10H2,1-3H3. The lowest BCUT2D eigenvalue weighted by molar-refractivity contribution is -0.134. The molecule has 17 heavy (non-hydrogen) atoms. The van der Waals surface area contributed by atoms with Gasteiger partial charge in [0.25, 0.3) is 0 Å². The molecule has 3 heteroatoms. The van der Waals surface area contributed by atoms with E-state index in [0.29, 0.717) is 6.54 Å². The SMILES string of the molecule is CCCC(C)C(=O)N(C)Cc1ccccc1Cl. The highest BCUT2D eigenvalue weighted by Crippen LogP contribution is 2.18. The van der Waals surface area contributed by atoms with Crippen LogP contribution in [0, 0.1) is 5.92 Å². The van der Waals surface area contributed by atoms with Gasteiger partial charge in [-0.05, 0) is 18.1 Å². The Morgan fingerprint density at radius 2 is 2.06 bits per heavy atom. The Morgan fingerprint density at radius 1 is 1.41 bits per heavy atom. The number of rotatable bonds is 5. The molecule has 1 atom stereocenters. The topological polar surface area (TPSA) is 20.3 Å². The molecule has 1 amide bonds. The van der Waals surface area contributed by atoms with Crippen LogP contribution in [0.2, 0.25) is 5.02 Å². The summed E-state index contributed by atoms with van der Waals surface area (Å²) in [6.07, 6.45) is 1.97. The van der Waals surface area contributed by atoms with Gasteiger partial charge in [-0.15, -0.1) is 0 Å². The first kappa shape index (κ1) is 14.0. The smallest absolute Gasteiger partial charge is 0.225 e. The predicted octanol–water partition coefficient (Wildman–Crippen LogP) is 3.73. The average Bonchev–Trinajstić information content (AvgIpc) is 2.31. The maximum Gasteiger partial charge on any atom is 0.225 e. The molecule has 0 aliphatic heterocycles. The quantitative estimate of drug-likeness (QED) is 0.783. The zero-order chi connectivity index (χ0) is 12.8. The Balaban J connectivity index is 2.63. The molecule has 0 radical (unpaired) electrons.